The summed E-state index contributed by atoms with van der Waals surface area (Å²) in [4.78, 5) is 0. The maximum atomic E-state index is 6.42. The number of fused-ring (bicyclic) bond motifs is 1. The van der Waals surface area contributed by atoms with Crippen molar-refractivity contribution < 1.29 is 4.42 Å². The van der Waals surface area contributed by atoms with E-state index in [1.807, 2.05) is 0 Å². The summed E-state index contributed by atoms with van der Waals surface area (Å²) < 4.78 is 7.12. The second kappa shape index (κ2) is 5.29. The Balaban J connectivity index is 1.94. The largest absolute Gasteiger partial charge is 0.459 e. The van der Waals surface area contributed by atoms with Crippen molar-refractivity contribution in [1.29, 1.82) is 0 Å². The highest BCUT2D eigenvalue weighted by atomic mass is 79.9. The molecule has 19 heavy (non-hydrogen) atoms. The van der Waals surface area contributed by atoms with Gasteiger partial charge in [-0.25, -0.2) is 0 Å². The van der Waals surface area contributed by atoms with E-state index in [4.69, 9.17) is 10.2 Å². The van der Waals surface area contributed by atoms with Crippen molar-refractivity contribution >= 4 is 26.9 Å². The molecule has 0 spiro atoms. The minimum atomic E-state index is 0.0471. The summed E-state index contributed by atoms with van der Waals surface area (Å²) in [5.41, 5.74) is 8.55. The molecule has 0 radical (unpaired) electrons. The van der Waals surface area contributed by atoms with E-state index < -0.39 is 0 Å². The molecule has 0 amide bonds. The van der Waals surface area contributed by atoms with E-state index in [2.05, 4.69) is 41.1 Å². The summed E-state index contributed by atoms with van der Waals surface area (Å²) in [5.74, 6) is 1.53. The molecule has 2 aromatic rings. The van der Waals surface area contributed by atoms with E-state index in [1.165, 1.54) is 32.1 Å². The van der Waals surface area contributed by atoms with Crippen LogP contribution in [0.15, 0.2) is 27.1 Å². The van der Waals surface area contributed by atoms with Gasteiger partial charge in [0.2, 0.25) is 0 Å². The molecular weight excluding hydrogens is 302 g/mol. The third-order valence-electron chi connectivity index (χ3n) is 4.27. The first-order chi connectivity index (χ1) is 9.15. The number of rotatable bonds is 2. The number of aryl methyl sites for hydroxylation is 1. The first kappa shape index (κ1) is 13.2. The van der Waals surface area contributed by atoms with Gasteiger partial charge in [-0.15, -0.1) is 0 Å². The standard InChI is InChI=1S/C16H20BrNO/c1-10-7-13(17)8-12-9-14(19-16(10)12)15(18)11-5-3-2-4-6-11/h7-9,11,15H,2-6,18H2,1H3. The predicted octanol–water partition coefficient (Wildman–Crippen LogP) is 5.08. The van der Waals surface area contributed by atoms with Gasteiger partial charge in [0.1, 0.15) is 11.3 Å². The lowest BCUT2D eigenvalue weighted by molar-refractivity contribution is 0.284. The molecule has 1 unspecified atom stereocenters. The number of hydrogen-bond acceptors (Lipinski definition) is 2. The molecule has 2 nitrogen and oxygen atoms in total. The number of nitrogens with two attached hydrogens (primary N) is 1. The Hall–Kier alpha value is -0.800. The zero-order chi connectivity index (χ0) is 13.4. The van der Waals surface area contributed by atoms with Crippen molar-refractivity contribution in [3.8, 4) is 0 Å². The third kappa shape index (κ3) is 2.59. The zero-order valence-electron chi connectivity index (χ0n) is 11.3. The smallest absolute Gasteiger partial charge is 0.137 e. The molecule has 1 heterocycles. The maximum absolute atomic E-state index is 6.42. The van der Waals surface area contributed by atoms with Gasteiger partial charge in [-0.3, -0.25) is 0 Å². The van der Waals surface area contributed by atoms with Crippen LogP contribution in [0.3, 0.4) is 0 Å². The van der Waals surface area contributed by atoms with Crippen LogP contribution in [0.2, 0.25) is 0 Å². The number of benzene rings is 1. The average Bonchev–Trinajstić information content (AvgIpc) is 2.83. The number of furan rings is 1. The highest BCUT2D eigenvalue weighted by Crippen LogP contribution is 2.36. The van der Waals surface area contributed by atoms with Gasteiger partial charge in [-0.2, -0.15) is 0 Å². The lowest BCUT2D eigenvalue weighted by Gasteiger charge is -2.25. The van der Waals surface area contributed by atoms with Crippen LogP contribution in [0.25, 0.3) is 11.0 Å². The Morgan fingerprint density at radius 3 is 2.68 bits per heavy atom. The molecule has 2 N–H and O–H groups in total. The van der Waals surface area contributed by atoms with Crippen LogP contribution >= 0.6 is 15.9 Å². The van der Waals surface area contributed by atoms with Crippen molar-refractivity contribution in [2.24, 2.45) is 11.7 Å². The zero-order valence-corrected chi connectivity index (χ0v) is 12.9. The monoisotopic (exact) mass is 321 g/mol. The van der Waals surface area contributed by atoms with Gasteiger partial charge < -0.3 is 10.2 Å². The van der Waals surface area contributed by atoms with Gasteiger partial charge in [0.05, 0.1) is 6.04 Å². The quantitative estimate of drug-likeness (QED) is 0.837. The summed E-state index contributed by atoms with van der Waals surface area (Å²) in [6.07, 6.45) is 6.45. The van der Waals surface area contributed by atoms with E-state index >= 15 is 0 Å². The first-order valence-electron chi connectivity index (χ1n) is 7.10. The Morgan fingerprint density at radius 1 is 1.21 bits per heavy atom. The lowest BCUT2D eigenvalue weighted by Crippen LogP contribution is -2.22. The molecule has 1 fully saturated rings. The molecule has 1 atom stereocenters. The molecule has 1 aliphatic rings. The van der Waals surface area contributed by atoms with Crippen LogP contribution < -0.4 is 5.73 Å². The molecule has 1 aliphatic carbocycles. The molecule has 1 saturated carbocycles. The number of hydrogen-bond donors (Lipinski definition) is 1. The molecule has 1 aromatic carbocycles. The fraction of sp³-hybridized carbons (Fsp3) is 0.500. The minimum absolute atomic E-state index is 0.0471. The molecule has 0 aliphatic heterocycles. The van der Waals surface area contributed by atoms with Crippen molar-refractivity contribution in [3.05, 3.63) is 34.0 Å². The second-order valence-corrected chi connectivity index (χ2v) is 6.63. The van der Waals surface area contributed by atoms with Gasteiger partial charge in [0, 0.05) is 9.86 Å². The van der Waals surface area contributed by atoms with E-state index in [0.29, 0.717) is 5.92 Å². The highest BCUT2D eigenvalue weighted by Gasteiger charge is 2.24. The Labute approximate surface area is 122 Å². The summed E-state index contributed by atoms with van der Waals surface area (Å²) in [6, 6.07) is 6.35. The molecule has 3 rings (SSSR count). The maximum Gasteiger partial charge on any atom is 0.137 e. The highest BCUT2D eigenvalue weighted by molar-refractivity contribution is 9.10. The van der Waals surface area contributed by atoms with E-state index in [9.17, 15) is 0 Å². The number of halogens is 1. The van der Waals surface area contributed by atoms with Crippen molar-refractivity contribution in [2.45, 2.75) is 45.1 Å². The predicted molar refractivity (Wildman–Crippen MR) is 82.2 cm³/mol. The van der Waals surface area contributed by atoms with Crippen LogP contribution in [0.4, 0.5) is 0 Å². The summed E-state index contributed by atoms with van der Waals surface area (Å²) >= 11 is 3.53. The second-order valence-electron chi connectivity index (χ2n) is 5.71. The fourth-order valence-electron chi connectivity index (χ4n) is 3.19. The third-order valence-corrected chi connectivity index (χ3v) is 4.73. The molecule has 102 valence electrons. The Kier molecular flexibility index (Phi) is 3.68. The first-order valence-corrected chi connectivity index (χ1v) is 7.89. The van der Waals surface area contributed by atoms with Crippen LogP contribution in [0.5, 0.6) is 0 Å². The van der Waals surface area contributed by atoms with Crippen LogP contribution in [0.1, 0.15) is 49.5 Å². The van der Waals surface area contributed by atoms with Crippen molar-refractivity contribution in [3.63, 3.8) is 0 Å². The molecule has 3 heteroatoms. The van der Waals surface area contributed by atoms with E-state index in [1.54, 1.807) is 0 Å². The summed E-state index contributed by atoms with van der Waals surface area (Å²) in [5, 5.41) is 1.15. The molecule has 0 bridgehead atoms. The van der Waals surface area contributed by atoms with Crippen LogP contribution in [-0.4, -0.2) is 0 Å². The molecule has 0 saturated heterocycles. The van der Waals surface area contributed by atoms with Gasteiger partial charge in [0.25, 0.3) is 0 Å². The van der Waals surface area contributed by atoms with E-state index in [-0.39, 0.29) is 6.04 Å². The summed E-state index contributed by atoms with van der Waals surface area (Å²) in [7, 11) is 0. The van der Waals surface area contributed by atoms with Gasteiger partial charge in [0.15, 0.2) is 0 Å². The molecular formula is C16H20BrNO. The van der Waals surface area contributed by atoms with Crippen molar-refractivity contribution in [2.75, 3.05) is 0 Å². The van der Waals surface area contributed by atoms with Crippen LogP contribution in [0, 0.1) is 12.8 Å². The van der Waals surface area contributed by atoms with Gasteiger partial charge in [-0.1, -0.05) is 35.2 Å². The van der Waals surface area contributed by atoms with Crippen LogP contribution in [-0.2, 0) is 0 Å². The average molecular weight is 322 g/mol. The van der Waals surface area contributed by atoms with Crippen molar-refractivity contribution in [1.82, 2.24) is 0 Å². The van der Waals surface area contributed by atoms with Gasteiger partial charge in [-0.05, 0) is 49.4 Å². The summed E-state index contributed by atoms with van der Waals surface area (Å²) in [6.45, 7) is 2.08. The SMILES string of the molecule is Cc1cc(Br)cc2cc(C(N)C3CCCCC3)oc12. The van der Waals surface area contributed by atoms with Gasteiger partial charge >= 0.3 is 0 Å². The normalized spacial score (nSPS) is 18.9. The Bertz CT molecular complexity index is 584. The Morgan fingerprint density at radius 2 is 1.95 bits per heavy atom. The fourth-order valence-corrected chi connectivity index (χ4v) is 3.78. The topological polar surface area (TPSA) is 39.2 Å². The molecule has 1 aromatic heterocycles. The van der Waals surface area contributed by atoms with E-state index in [0.717, 1.165) is 26.8 Å². The minimum Gasteiger partial charge on any atom is -0.459 e. The lowest BCUT2D eigenvalue weighted by atomic mass is 9.83.